The van der Waals surface area contributed by atoms with E-state index in [9.17, 15) is 0 Å². The minimum atomic E-state index is 0.347. The molecule has 2 unspecified atom stereocenters. The molecule has 106 valence electrons. The molecule has 2 N–H and O–H groups in total. The van der Waals surface area contributed by atoms with E-state index in [0.29, 0.717) is 12.1 Å². The lowest BCUT2D eigenvalue weighted by Gasteiger charge is -2.39. The van der Waals surface area contributed by atoms with E-state index in [0.717, 1.165) is 12.3 Å². The van der Waals surface area contributed by atoms with Gasteiger partial charge in [0.05, 0.1) is 0 Å². The van der Waals surface area contributed by atoms with Crippen molar-refractivity contribution in [2.24, 2.45) is 11.7 Å². The van der Waals surface area contributed by atoms with E-state index in [4.69, 9.17) is 5.73 Å². The van der Waals surface area contributed by atoms with Crippen LogP contribution in [0.2, 0.25) is 0 Å². The SMILES string of the molecule is CCC(N)C(C)N1CCC(CN2CCCC2)CC1. The Labute approximate surface area is 113 Å². The fraction of sp³-hybridized carbons (Fsp3) is 1.00. The standard InChI is InChI=1S/C15H31N3/c1-3-15(16)13(2)18-10-6-14(7-11-18)12-17-8-4-5-9-17/h13-15H,3-12,16H2,1-2H3. The Kier molecular flexibility index (Phi) is 5.46. The average Bonchev–Trinajstić information content (AvgIpc) is 2.91. The monoisotopic (exact) mass is 253 g/mol. The van der Waals surface area contributed by atoms with E-state index < -0.39 is 0 Å². The number of piperidine rings is 1. The van der Waals surface area contributed by atoms with Crippen LogP contribution in [0.4, 0.5) is 0 Å². The van der Waals surface area contributed by atoms with Crippen LogP contribution >= 0.6 is 0 Å². The number of hydrogen-bond donors (Lipinski definition) is 1. The summed E-state index contributed by atoms with van der Waals surface area (Å²) >= 11 is 0. The van der Waals surface area contributed by atoms with E-state index in [1.807, 2.05) is 0 Å². The van der Waals surface area contributed by atoms with Gasteiger partial charge in [0.25, 0.3) is 0 Å². The van der Waals surface area contributed by atoms with Crippen LogP contribution in [0.1, 0.15) is 46.0 Å². The summed E-state index contributed by atoms with van der Waals surface area (Å²) in [5.41, 5.74) is 6.16. The first kappa shape index (κ1) is 14.3. The van der Waals surface area contributed by atoms with Crippen molar-refractivity contribution in [3.8, 4) is 0 Å². The third-order valence-electron chi connectivity index (χ3n) is 5.03. The van der Waals surface area contributed by atoms with Crippen molar-refractivity contribution in [1.82, 2.24) is 9.80 Å². The highest BCUT2D eigenvalue weighted by molar-refractivity contribution is 4.83. The second-order valence-corrected chi connectivity index (χ2v) is 6.30. The quantitative estimate of drug-likeness (QED) is 0.812. The van der Waals surface area contributed by atoms with Gasteiger partial charge in [-0.3, -0.25) is 4.90 Å². The largest absolute Gasteiger partial charge is 0.326 e. The first-order valence-corrected chi connectivity index (χ1v) is 7.92. The molecule has 2 aliphatic rings. The van der Waals surface area contributed by atoms with Crippen molar-refractivity contribution < 1.29 is 0 Å². The van der Waals surface area contributed by atoms with Gasteiger partial charge < -0.3 is 10.6 Å². The van der Waals surface area contributed by atoms with Gasteiger partial charge in [0, 0.05) is 18.6 Å². The van der Waals surface area contributed by atoms with Crippen molar-refractivity contribution in [3.63, 3.8) is 0 Å². The Morgan fingerprint density at radius 2 is 1.72 bits per heavy atom. The van der Waals surface area contributed by atoms with Crippen molar-refractivity contribution in [2.75, 3.05) is 32.7 Å². The molecular weight excluding hydrogens is 222 g/mol. The number of nitrogens with zero attached hydrogens (tertiary/aromatic N) is 2. The normalized spacial score (nSPS) is 27.5. The van der Waals surface area contributed by atoms with Crippen molar-refractivity contribution in [1.29, 1.82) is 0 Å². The third-order valence-corrected chi connectivity index (χ3v) is 5.03. The van der Waals surface area contributed by atoms with Gasteiger partial charge in [-0.05, 0) is 71.1 Å². The molecule has 2 aliphatic heterocycles. The third kappa shape index (κ3) is 3.69. The summed E-state index contributed by atoms with van der Waals surface area (Å²) < 4.78 is 0. The summed E-state index contributed by atoms with van der Waals surface area (Å²) in [6.07, 6.45) is 6.67. The maximum atomic E-state index is 6.16. The van der Waals surface area contributed by atoms with Gasteiger partial charge in [-0.1, -0.05) is 6.92 Å². The lowest BCUT2D eigenvalue weighted by atomic mass is 9.94. The van der Waals surface area contributed by atoms with E-state index in [2.05, 4.69) is 23.6 Å². The molecule has 0 aromatic carbocycles. The van der Waals surface area contributed by atoms with Crippen molar-refractivity contribution >= 4 is 0 Å². The van der Waals surface area contributed by atoms with E-state index >= 15 is 0 Å². The predicted octanol–water partition coefficient (Wildman–Crippen LogP) is 1.92. The van der Waals surface area contributed by atoms with Gasteiger partial charge in [0.1, 0.15) is 0 Å². The van der Waals surface area contributed by atoms with Gasteiger partial charge in [-0.2, -0.15) is 0 Å². The highest BCUT2D eigenvalue weighted by Gasteiger charge is 2.26. The Balaban J connectivity index is 1.70. The second kappa shape index (κ2) is 6.88. The molecule has 0 aliphatic carbocycles. The van der Waals surface area contributed by atoms with Crippen molar-refractivity contribution in [3.05, 3.63) is 0 Å². The fourth-order valence-electron chi connectivity index (χ4n) is 3.49. The van der Waals surface area contributed by atoms with E-state index in [1.165, 1.54) is 58.4 Å². The highest BCUT2D eigenvalue weighted by atomic mass is 15.2. The molecule has 0 aromatic rings. The number of rotatable bonds is 5. The first-order chi connectivity index (χ1) is 8.70. The van der Waals surface area contributed by atoms with Crippen LogP contribution in [0.25, 0.3) is 0 Å². The lowest BCUT2D eigenvalue weighted by Crippen LogP contribution is -2.49. The molecule has 3 heteroatoms. The zero-order chi connectivity index (χ0) is 13.0. The van der Waals surface area contributed by atoms with Crippen LogP contribution in [0.15, 0.2) is 0 Å². The minimum absolute atomic E-state index is 0.347. The van der Waals surface area contributed by atoms with Gasteiger partial charge >= 0.3 is 0 Å². The highest BCUT2D eigenvalue weighted by Crippen LogP contribution is 2.22. The second-order valence-electron chi connectivity index (χ2n) is 6.30. The summed E-state index contributed by atoms with van der Waals surface area (Å²) in [5, 5.41) is 0. The van der Waals surface area contributed by atoms with Crippen LogP contribution in [0, 0.1) is 5.92 Å². The number of hydrogen-bond acceptors (Lipinski definition) is 3. The Bertz CT molecular complexity index is 230. The maximum Gasteiger partial charge on any atom is 0.0218 e. The van der Waals surface area contributed by atoms with Gasteiger partial charge in [-0.15, -0.1) is 0 Å². The molecule has 0 radical (unpaired) electrons. The molecule has 18 heavy (non-hydrogen) atoms. The lowest BCUT2D eigenvalue weighted by molar-refractivity contribution is 0.109. The molecule has 0 bridgehead atoms. The molecule has 2 saturated heterocycles. The van der Waals surface area contributed by atoms with Crippen LogP contribution in [0.5, 0.6) is 0 Å². The van der Waals surface area contributed by atoms with E-state index in [-0.39, 0.29) is 0 Å². The molecule has 0 aromatic heterocycles. The Morgan fingerprint density at radius 1 is 1.11 bits per heavy atom. The molecule has 2 atom stereocenters. The molecule has 2 fully saturated rings. The summed E-state index contributed by atoms with van der Waals surface area (Å²) in [6.45, 7) is 11.0. The summed E-state index contributed by atoms with van der Waals surface area (Å²) in [6, 6.07) is 0.905. The molecular formula is C15H31N3. The fourth-order valence-corrected chi connectivity index (χ4v) is 3.49. The molecule has 2 heterocycles. The van der Waals surface area contributed by atoms with Gasteiger partial charge in [-0.25, -0.2) is 0 Å². The Hall–Kier alpha value is -0.120. The molecule has 0 spiro atoms. The Morgan fingerprint density at radius 3 is 2.28 bits per heavy atom. The average molecular weight is 253 g/mol. The number of likely N-dealkylation sites (tertiary alicyclic amines) is 2. The van der Waals surface area contributed by atoms with Gasteiger partial charge in [0.15, 0.2) is 0 Å². The van der Waals surface area contributed by atoms with Crippen LogP contribution < -0.4 is 5.73 Å². The number of nitrogens with two attached hydrogens (primary N) is 1. The maximum absolute atomic E-state index is 6.16. The zero-order valence-corrected chi connectivity index (χ0v) is 12.3. The van der Waals surface area contributed by atoms with Crippen LogP contribution in [0.3, 0.4) is 0 Å². The topological polar surface area (TPSA) is 32.5 Å². The summed E-state index contributed by atoms with van der Waals surface area (Å²) in [7, 11) is 0. The molecule has 3 nitrogen and oxygen atoms in total. The molecule has 0 saturated carbocycles. The minimum Gasteiger partial charge on any atom is -0.326 e. The van der Waals surface area contributed by atoms with Crippen molar-refractivity contribution in [2.45, 2.75) is 58.0 Å². The zero-order valence-electron chi connectivity index (χ0n) is 12.3. The predicted molar refractivity (Wildman–Crippen MR) is 77.7 cm³/mol. The van der Waals surface area contributed by atoms with E-state index in [1.54, 1.807) is 0 Å². The van der Waals surface area contributed by atoms with Crippen LogP contribution in [-0.4, -0.2) is 54.6 Å². The van der Waals surface area contributed by atoms with Gasteiger partial charge in [0.2, 0.25) is 0 Å². The molecule has 2 rings (SSSR count). The first-order valence-electron chi connectivity index (χ1n) is 7.92. The van der Waals surface area contributed by atoms with Crippen LogP contribution in [-0.2, 0) is 0 Å². The summed E-state index contributed by atoms with van der Waals surface area (Å²) in [5.74, 6) is 0.935. The summed E-state index contributed by atoms with van der Waals surface area (Å²) in [4.78, 5) is 5.27. The smallest absolute Gasteiger partial charge is 0.0218 e. The molecule has 0 amide bonds.